The van der Waals surface area contributed by atoms with Crippen LogP contribution < -0.4 is 4.98 Å². The second-order valence-corrected chi connectivity index (χ2v) is 18.1. The molecule has 14 aromatic rings. The van der Waals surface area contributed by atoms with Gasteiger partial charge in [0.1, 0.15) is 33.9 Å². The Morgan fingerprint density at radius 1 is 0.561 bits per heavy atom. The predicted molar refractivity (Wildman–Crippen MR) is 264 cm³/mol. The van der Waals surface area contributed by atoms with Crippen molar-refractivity contribution in [1.29, 1.82) is 0 Å². The van der Waals surface area contributed by atoms with Crippen molar-refractivity contribution in [3.63, 3.8) is 0 Å². The normalized spacial score (nSPS) is 12.3. The van der Waals surface area contributed by atoms with Crippen LogP contribution in [0.5, 0.6) is 0 Å². The van der Waals surface area contributed by atoms with Gasteiger partial charge in [0.2, 0.25) is 0 Å². The Morgan fingerprint density at radius 2 is 1.30 bits per heavy atom. The number of para-hydroxylation sites is 4. The van der Waals surface area contributed by atoms with Gasteiger partial charge in [-0.05, 0) is 81.2 Å². The van der Waals surface area contributed by atoms with E-state index in [9.17, 15) is 0 Å². The van der Waals surface area contributed by atoms with E-state index in [-0.39, 0.29) is 26.5 Å². The van der Waals surface area contributed by atoms with E-state index in [4.69, 9.17) is 23.8 Å². The van der Waals surface area contributed by atoms with E-state index in [1.807, 2.05) is 48.7 Å². The smallest absolute Gasteiger partial charge is 0.656 e. The van der Waals surface area contributed by atoms with Crippen molar-refractivity contribution in [3.8, 4) is 34.0 Å². The molecule has 14 rings (SSSR count). The van der Waals surface area contributed by atoms with Gasteiger partial charge < -0.3 is 18.4 Å². The number of aromatic nitrogens is 5. The average molecular weight is 1030 g/mol. The van der Waals surface area contributed by atoms with Gasteiger partial charge in [0.05, 0.1) is 5.52 Å². The maximum Gasteiger partial charge on any atom is 2.00 e. The Morgan fingerprint density at radius 3 is 2.12 bits per heavy atom. The summed E-state index contributed by atoms with van der Waals surface area (Å²) in [7, 11) is 0. The monoisotopic (exact) mass is 1030 g/mol. The molecule has 0 bridgehead atoms. The summed E-state index contributed by atoms with van der Waals surface area (Å²) in [6, 6.07) is 61.2. The van der Waals surface area contributed by atoms with Crippen LogP contribution in [0, 0.1) is 6.07 Å². The fourth-order valence-corrected chi connectivity index (χ4v) is 10.2. The quantitative estimate of drug-likeness (QED) is 0.164. The van der Waals surface area contributed by atoms with Gasteiger partial charge in [0.15, 0.2) is 5.58 Å². The number of nitrogens with zero attached hydrogens (tertiary/aromatic N) is 5. The van der Waals surface area contributed by atoms with Gasteiger partial charge in [-0.25, -0.2) is 9.97 Å². The van der Waals surface area contributed by atoms with Crippen molar-refractivity contribution < 1.29 is 29.9 Å². The van der Waals surface area contributed by atoms with Gasteiger partial charge in [-0.2, -0.15) is 0 Å². The average Bonchev–Trinajstić information content (AvgIpc) is 4.16. The number of hydrogen-bond donors (Lipinski definition) is 0. The number of rotatable bonds is 4. The topological polar surface area (TPSA) is 76.0 Å². The third-order valence-electron chi connectivity index (χ3n) is 13.3. The summed E-state index contributed by atoms with van der Waals surface area (Å²) < 4.78 is 17.8. The summed E-state index contributed by atoms with van der Waals surface area (Å²) in [6.45, 7) is 6.78. The first-order valence-corrected chi connectivity index (χ1v) is 22.0. The van der Waals surface area contributed by atoms with Crippen molar-refractivity contribution >= 4 is 98.5 Å². The van der Waals surface area contributed by atoms with Crippen LogP contribution in [-0.2, 0) is 26.5 Å². The van der Waals surface area contributed by atoms with Gasteiger partial charge in [-0.3, -0.25) is 4.57 Å². The molecule has 0 atom stereocenters. The molecule has 0 aliphatic carbocycles. The fraction of sp³-hybridized carbons (Fsp3) is 0.0690. The van der Waals surface area contributed by atoms with E-state index in [0.717, 1.165) is 127 Å². The molecule has 0 radical (unpaired) electrons. The molecule has 0 N–H and O–H groups in total. The molecule has 0 amide bonds. The summed E-state index contributed by atoms with van der Waals surface area (Å²) in [5, 5.41) is 8.57. The predicted octanol–water partition coefficient (Wildman–Crippen LogP) is 15.0. The molecular formula is C58H37N5O2Pt. The molecule has 6 heterocycles. The first-order valence-electron chi connectivity index (χ1n) is 22.0. The summed E-state index contributed by atoms with van der Waals surface area (Å²) in [5.41, 5.74) is 13.7. The minimum absolute atomic E-state index is 0. The molecule has 6 aromatic heterocycles. The van der Waals surface area contributed by atoms with E-state index in [0.29, 0.717) is 0 Å². The van der Waals surface area contributed by atoms with E-state index >= 15 is 0 Å². The van der Waals surface area contributed by atoms with Gasteiger partial charge >= 0.3 is 21.1 Å². The Bertz CT molecular complexity index is 4290. The molecular weight excluding hydrogens is 994 g/mol. The first-order chi connectivity index (χ1) is 31.9. The van der Waals surface area contributed by atoms with Crippen molar-refractivity contribution in [3.05, 3.63) is 182 Å². The SMILES string of the molecule is CC(C)(C)c1ccc2c(c1)c1ccc(-c3cc4c5ccccc5oc4c4c3nc(-c3cccc5c3[n-]c3ccccc35)n4-c3ccc4oc5ccccc5c4c3)[c-]c1n2-c1ccccn1.[Pt+2]. The maximum absolute atomic E-state index is 6.95. The largest absolute Gasteiger partial charge is 2.00 e. The van der Waals surface area contributed by atoms with E-state index in [2.05, 4.69) is 157 Å². The summed E-state index contributed by atoms with van der Waals surface area (Å²) >= 11 is 0. The minimum Gasteiger partial charge on any atom is -0.656 e. The molecule has 0 saturated heterocycles. The molecule has 0 saturated carbocycles. The van der Waals surface area contributed by atoms with Gasteiger partial charge in [0, 0.05) is 44.5 Å². The maximum atomic E-state index is 6.95. The van der Waals surface area contributed by atoms with Gasteiger partial charge in [-0.1, -0.05) is 135 Å². The van der Waals surface area contributed by atoms with Crippen molar-refractivity contribution in [2.24, 2.45) is 0 Å². The molecule has 0 spiro atoms. The van der Waals surface area contributed by atoms with Crippen LogP contribution in [0.15, 0.2) is 179 Å². The minimum atomic E-state index is -0.0215. The third kappa shape index (κ3) is 5.53. The number of pyridine rings is 1. The number of furan rings is 2. The van der Waals surface area contributed by atoms with Crippen LogP contribution in [0.1, 0.15) is 26.3 Å². The van der Waals surface area contributed by atoms with E-state index in [1.165, 1.54) is 10.9 Å². The zero-order chi connectivity index (χ0) is 43.1. The zero-order valence-electron chi connectivity index (χ0n) is 36.0. The van der Waals surface area contributed by atoms with Crippen molar-refractivity contribution in [2.45, 2.75) is 26.2 Å². The van der Waals surface area contributed by atoms with Gasteiger partial charge in [0.25, 0.3) is 0 Å². The van der Waals surface area contributed by atoms with Gasteiger partial charge in [-0.15, -0.1) is 34.8 Å². The molecule has 0 fully saturated rings. The number of hydrogen-bond acceptors (Lipinski definition) is 4. The summed E-state index contributed by atoms with van der Waals surface area (Å²) in [5.74, 6) is 1.59. The molecule has 0 aliphatic rings. The number of imidazole rings is 1. The Kier molecular flexibility index (Phi) is 8.29. The van der Waals surface area contributed by atoms with Crippen LogP contribution in [0.3, 0.4) is 0 Å². The van der Waals surface area contributed by atoms with Crippen molar-refractivity contribution in [1.82, 2.24) is 24.1 Å². The second-order valence-electron chi connectivity index (χ2n) is 18.1. The molecule has 8 aromatic carbocycles. The zero-order valence-corrected chi connectivity index (χ0v) is 38.3. The van der Waals surface area contributed by atoms with Crippen molar-refractivity contribution in [2.75, 3.05) is 0 Å². The first kappa shape index (κ1) is 38.7. The Hall–Kier alpha value is -7.73. The standard InChI is InChI=1S/C58H37N5O2.Pt/c1-58(2,3)34-23-26-47-43(30-34)37-25-22-33(29-48(37)63(47)52-21-10-11-28-59-52)42-32-45-39-15-6-9-20-50(39)65-56(45)55-54(42)61-57(41-17-12-16-40-36-13-4-7-18-46(36)60-53(40)41)62(55)35-24-27-51-44(31-35)38-14-5-8-19-49(38)64-51;/h4-28,30-32H,1-3H3;/q-2;+2. The summed E-state index contributed by atoms with van der Waals surface area (Å²) in [4.78, 5) is 15.9. The van der Waals surface area contributed by atoms with E-state index in [1.54, 1.807) is 0 Å². The molecule has 66 heavy (non-hydrogen) atoms. The van der Waals surface area contributed by atoms with Crippen LogP contribution in [-0.4, -0.2) is 19.1 Å². The Balaban J connectivity index is 0.00000435. The summed E-state index contributed by atoms with van der Waals surface area (Å²) in [6.07, 6.45) is 1.85. The van der Waals surface area contributed by atoms with Crippen LogP contribution >= 0.6 is 0 Å². The molecule has 7 nitrogen and oxygen atoms in total. The van der Waals surface area contributed by atoms with Crippen LogP contribution in [0.4, 0.5) is 0 Å². The fourth-order valence-electron chi connectivity index (χ4n) is 10.2. The molecule has 316 valence electrons. The second kappa shape index (κ2) is 14.1. The van der Waals surface area contributed by atoms with Crippen LogP contribution in [0.25, 0.3) is 133 Å². The molecule has 0 unspecified atom stereocenters. The number of fused-ring (bicyclic) bond motifs is 14. The Labute approximate surface area is 392 Å². The van der Waals surface area contributed by atoms with Crippen LogP contribution in [0.2, 0.25) is 0 Å². The molecule has 8 heteroatoms. The molecule has 0 aliphatic heterocycles. The third-order valence-corrected chi connectivity index (χ3v) is 13.3. The van der Waals surface area contributed by atoms with E-state index < -0.39 is 0 Å². The number of benzene rings is 8.